The van der Waals surface area contributed by atoms with Crippen molar-refractivity contribution in [3.63, 3.8) is 0 Å². The van der Waals surface area contributed by atoms with Crippen LogP contribution in [-0.4, -0.2) is 18.2 Å². The van der Waals surface area contributed by atoms with E-state index < -0.39 is 0 Å². The Kier molecular flexibility index (Phi) is 3.54. The minimum Gasteiger partial charge on any atom is -0.313 e. The summed E-state index contributed by atoms with van der Waals surface area (Å²) in [7, 11) is 6.39. The number of hydrogen-bond donors (Lipinski definition) is 0. The summed E-state index contributed by atoms with van der Waals surface area (Å²) >= 11 is 0. The molecule has 0 saturated carbocycles. The van der Waals surface area contributed by atoms with Gasteiger partial charge in [0.05, 0.1) is 0 Å². The van der Waals surface area contributed by atoms with Crippen LogP contribution in [0.25, 0.3) is 0 Å². The third-order valence-corrected chi connectivity index (χ3v) is 1.62. The first kappa shape index (κ1) is 7.50. The van der Waals surface area contributed by atoms with Crippen LogP contribution in [0, 0.1) is 0 Å². The van der Waals surface area contributed by atoms with Gasteiger partial charge < -0.3 is 4.44 Å². The van der Waals surface area contributed by atoms with Gasteiger partial charge in [-0.1, -0.05) is 13.3 Å². The fraction of sp³-hybridized carbons (Fsp3) is 0.750. The van der Waals surface area contributed by atoms with E-state index in [-0.39, 0.29) is 11.7 Å². The van der Waals surface area contributed by atoms with E-state index in [1.165, 1.54) is 4.44 Å². The van der Waals surface area contributed by atoms with E-state index in [1.807, 2.05) is 7.85 Å². The molecular formula is C4H12BNOP2. The Bertz CT molecular complexity index is 124. The van der Waals surface area contributed by atoms with Crippen molar-refractivity contribution in [1.82, 2.24) is 4.44 Å². The lowest BCUT2D eigenvalue weighted by atomic mass is 9.85. The van der Waals surface area contributed by atoms with Crippen molar-refractivity contribution in [2.24, 2.45) is 0 Å². The van der Waals surface area contributed by atoms with Crippen LogP contribution < -0.4 is 0 Å². The van der Waals surface area contributed by atoms with Crippen molar-refractivity contribution in [1.29, 1.82) is 0 Å². The maximum absolute atomic E-state index is 11.0. The fourth-order valence-electron chi connectivity index (χ4n) is 0.378. The molecule has 0 bridgehead atoms. The molecule has 0 aliphatic rings. The van der Waals surface area contributed by atoms with Gasteiger partial charge in [0.2, 0.25) is 5.91 Å². The van der Waals surface area contributed by atoms with Crippen LogP contribution >= 0.6 is 18.8 Å². The summed E-state index contributed by atoms with van der Waals surface area (Å²) in [6.45, 7) is 0.316. The van der Waals surface area contributed by atoms with E-state index in [9.17, 15) is 4.79 Å². The van der Waals surface area contributed by atoms with Gasteiger partial charge in [-0.2, -0.15) is 0 Å². The molecule has 9 heavy (non-hydrogen) atoms. The van der Waals surface area contributed by atoms with E-state index in [0.29, 0.717) is 13.3 Å². The molecule has 2 nitrogen and oxygen atoms in total. The van der Waals surface area contributed by atoms with Gasteiger partial charge in [0.1, 0.15) is 7.85 Å². The minimum atomic E-state index is -0.0347. The molecular weight excluding hydrogens is 151 g/mol. The summed E-state index contributed by atoms with van der Waals surface area (Å²) in [6, 6.07) is 0. The van der Waals surface area contributed by atoms with Crippen molar-refractivity contribution in [2.45, 2.75) is 19.1 Å². The van der Waals surface area contributed by atoms with E-state index >= 15 is 0 Å². The number of nitrogens with zero attached hydrogens (tertiary/aromatic N) is 1. The Morgan fingerprint density at radius 1 is 2.00 bits per heavy atom. The van der Waals surface area contributed by atoms with Crippen LogP contribution in [0.2, 0.25) is 5.82 Å². The zero-order valence-corrected chi connectivity index (χ0v) is 7.81. The highest BCUT2D eigenvalue weighted by Crippen LogP contribution is 2.16. The second-order valence-electron chi connectivity index (χ2n) is 1.94. The second-order valence-corrected chi connectivity index (χ2v) is 3.64. The van der Waals surface area contributed by atoms with Gasteiger partial charge in [0.25, 0.3) is 0 Å². The largest absolute Gasteiger partial charge is 0.313 e. The molecule has 5 heteroatoms. The molecule has 0 fully saturated rings. The summed E-state index contributed by atoms with van der Waals surface area (Å²) in [5.74, 6) is 0.00903. The van der Waals surface area contributed by atoms with Gasteiger partial charge >= 0.3 is 0 Å². The highest BCUT2D eigenvalue weighted by molar-refractivity contribution is 7.32. The van der Waals surface area contributed by atoms with E-state index in [1.54, 1.807) is 0 Å². The Hall–Kier alpha value is 0.395. The molecule has 0 rings (SSSR count). The zero-order valence-electron chi connectivity index (χ0n) is 6.50. The number of carbonyl (C=O) groups is 1. The molecule has 3 unspecified atom stereocenters. The number of hydrogen-bond acceptors (Lipinski definition) is 1. The van der Waals surface area contributed by atoms with Crippen LogP contribution in [0.5, 0.6) is 0 Å². The van der Waals surface area contributed by atoms with Gasteiger partial charge in [-0.15, -0.1) is 0 Å². The standard InChI is InChI=1S/C4H12BNOP2/c1-2-3(5)4(7)6(8)9/h3H,2,5,8-9H2,1H3/i1T. The SMILES string of the molecule is [3H]CCC(B)C(=O)N(P)P. The molecule has 0 N–H and O–H groups in total. The summed E-state index contributed by atoms with van der Waals surface area (Å²) in [4.78, 5) is 11.0. The zero-order chi connectivity index (χ0) is 8.15. The lowest BCUT2D eigenvalue weighted by Gasteiger charge is -2.13. The maximum atomic E-state index is 11.0. The quantitative estimate of drug-likeness (QED) is 0.423. The smallest absolute Gasteiger partial charge is 0.223 e. The highest BCUT2D eigenvalue weighted by atomic mass is 31.1. The topological polar surface area (TPSA) is 20.3 Å². The Morgan fingerprint density at radius 3 is 2.89 bits per heavy atom. The van der Waals surface area contributed by atoms with Gasteiger partial charge in [-0.25, -0.2) is 0 Å². The van der Waals surface area contributed by atoms with Gasteiger partial charge in [0.15, 0.2) is 0 Å². The lowest BCUT2D eigenvalue weighted by molar-refractivity contribution is -0.122. The van der Waals surface area contributed by atoms with Crippen molar-refractivity contribution in [3.8, 4) is 0 Å². The summed E-state index contributed by atoms with van der Waals surface area (Å²) in [5, 5.41) is 0. The number of carbonyl (C=O) groups excluding carboxylic acids is 1. The van der Waals surface area contributed by atoms with E-state index in [4.69, 9.17) is 1.37 Å². The first-order chi connectivity index (χ1) is 4.59. The molecule has 0 aliphatic carbocycles. The van der Waals surface area contributed by atoms with E-state index in [2.05, 4.69) is 18.8 Å². The maximum Gasteiger partial charge on any atom is 0.223 e. The summed E-state index contributed by atoms with van der Waals surface area (Å²) < 4.78 is 8.29. The Labute approximate surface area is 63.1 Å². The monoisotopic (exact) mass is 165 g/mol. The van der Waals surface area contributed by atoms with E-state index in [0.717, 1.165) is 0 Å². The molecule has 0 saturated heterocycles. The van der Waals surface area contributed by atoms with Gasteiger partial charge in [0, 0.05) is 7.19 Å². The number of amides is 1. The summed E-state index contributed by atoms with van der Waals surface area (Å²) in [6.07, 6.45) is 0.637. The highest BCUT2D eigenvalue weighted by Gasteiger charge is 2.11. The molecule has 3 atom stereocenters. The second kappa shape index (κ2) is 4.25. The fourth-order valence-corrected chi connectivity index (χ4v) is 0.887. The van der Waals surface area contributed by atoms with Crippen LogP contribution in [0.15, 0.2) is 0 Å². The molecule has 0 aromatic carbocycles. The van der Waals surface area contributed by atoms with Crippen molar-refractivity contribution < 1.29 is 6.17 Å². The van der Waals surface area contributed by atoms with Gasteiger partial charge in [-0.3, -0.25) is 4.79 Å². The average molecular weight is 165 g/mol. The van der Waals surface area contributed by atoms with Crippen LogP contribution in [0.4, 0.5) is 0 Å². The Balaban J connectivity index is 3.71. The lowest BCUT2D eigenvalue weighted by Crippen LogP contribution is -2.16. The number of rotatable bonds is 2. The molecule has 0 spiro atoms. The minimum absolute atomic E-state index is 0.0347. The third-order valence-electron chi connectivity index (χ3n) is 1.11. The van der Waals surface area contributed by atoms with Crippen LogP contribution in [0.3, 0.4) is 0 Å². The molecule has 1 amide bonds. The summed E-state index contributed by atoms with van der Waals surface area (Å²) in [5.41, 5.74) is 0. The predicted molar refractivity (Wildman–Crippen MR) is 48.9 cm³/mol. The normalized spacial score (nSPS) is 14.2. The molecule has 0 aromatic rings. The van der Waals surface area contributed by atoms with Gasteiger partial charge in [-0.05, 0) is 18.8 Å². The first-order valence-electron chi connectivity index (χ1n) is 3.43. The van der Waals surface area contributed by atoms with Crippen LogP contribution in [-0.2, 0) is 4.79 Å². The predicted octanol–water partition coefficient (Wildman–Crippen LogP) is 0.227. The molecule has 0 heterocycles. The third kappa shape index (κ3) is 3.18. The average Bonchev–Trinajstić information content (AvgIpc) is 1.87. The first-order valence-corrected chi connectivity index (χ1v) is 3.75. The molecule has 0 radical (unpaired) electrons. The molecule has 0 aliphatic heterocycles. The van der Waals surface area contributed by atoms with Crippen molar-refractivity contribution in [3.05, 3.63) is 0 Å². The molecule has 0 aromatic heterocycles. The Morgan fingerprint density at radius 2 is 2.56 bits per heavy atom. The molecule has 52 valence electrons. The van der Waals surface area contributed by atoms with Crippen molar-refractivity contribution >= 4 is 32.5 Å². The van der Waals surface area contributed by atoms with Crippen molar-refractivity contribution in [2.75, 3.05) is 0 Å². The van der Waals surface area contributed by atoms with Crippen LogP contribution in [0.1, 0.15) is 14.7 Å².